The molecule has 3 rings (SSSR count). The molecule has 82 valence electrons. The number of hydrogen-bond acceptors (Lipinski definition) is 1. The molecule has 0 saturated carbocycles. The predicted octanol–water partition coefficient (Wildman–Crippen LogP) is 3.20. The van der Waals surface area contributed by atoms with Gasteiger partial charge in [0.25, 0.3) is 0 Å². The number of nitrogens with one attached hydrogen (secondary N) is 2. The standard InChI is InChI=1S/C13H13ClN2/c14-10-3-4-13-11(6-10)12(8-16-13)9-2-1-5-15-7-9/h2-4,6,8,15-16H,1,5,7H2. The first kappa shape index (κ1) is 9.94. The molecule has 0 radical (unpaired) electrons. The molecular formula is C13H13ClN2. The van der Waals surface area contributed by atoms with E-state index in [2.05, 4.69) is 22.6 Å². The summed E-state index contributed by atoms with van der Waals surface area (Å²) < 4.78 is 0. The molecule has 0 saturated heterocycles. The fraction of sp³-hybridized carbons (Fsp3) is 0.231. The summed E-state index contributed by atoms with van der Waals surface area (Å²) in [4.78, 5) is 3.29. The number of halogens is 1. The molecule has 1 aromatic heterocycles. The van der Waals surface area contributed by atoms with Crippen molar-refractivity contribution in [2.45, 2.75) is 6.42 Å². The van der Waals surface area contributed by atoms with Gasteiger partial charge in [-0.1, -0.05) is 17.7 Å². The zero-order valence-corrected chi connectivity index (χ0v) is 9.64. The highest BCUT2D eigenvalue weighted by Crippen LogP contribution is 2.28. The fourth-order valence-electron chi connectivity index (χ4n) is 2.21. The van der Waals surface area contributed by atoms with Crippen molar-refractivity contribution in [2.75, 3.05) is 13.1 Å². The lowest BCUT2D eigenvalue weighted by molar-refractivity contribution is 0.739. The lowest BCUT2D eigenvalue weighted by Crippen LogP contribution is -2.21. The molecule has 1 aliphatic heterocycles. The zero-order chi connectivity index (χ0) is 11.0. The Labute approximate surface area is 99.3 Å². The van der Waals surface area contributed by atoms with Crippen molar-refractivity contribution >= 4 is 28.1 Å². The Balaban J connectivity index is 2.16. The monoisotopic (exact) mass is 232 g/mol. The van der Waals surface area contributed by atoms with Gasteiger partial charge >= 0.3 is 0 Å². The molecule has 0 amide bonds. The van der Waals surface area contributed by atoms with Crippen LogP contribution in [-0.4, -0.2) is 18.1 Å². The zero-order valence-electron chi connectivity index (χ0n) is 8.89. The second-order valence-electron chi connectivity index (χ2n) is 4.09. The largest absolute Gasteiger partial charge is 0.361 e. The Morgan fingerprint density at radius 2 is 2.19 bits per heavy atom. The van der Waals surface area contributed by atoms with Gasteiger partial charge in [-0.3, -0.25) is 0 Å². The van der Waals surface area contributed by atoms with Gasteiger partial charge in [0.05, 0.1) is 0 Å². The van der Waals surface area contributed by atoms with Crippen molar-refractivity contribution in [2.24, 2.45) is 0 Å². The maximum Gasteiger partial charge on any atom is 0.0461 e. The molecule has 2 nitrogen and oxygen atoms in total. The van der Waals surface area contributed by atoms with Crippen LogP contribution >= 0.6 is 11.6 Å². The number of fused-ring (bicyclic) bond motifs is 1. The smallest absolute Gasteiger partial charge is 0.0461 e. The summed E-state index contributed by atoms with van der Waals surface area (Å²) in [6.45, 7) is 2.02. The highest BCUT2D eigenvalue weighted by atomic mass is 35.5. The van der Waals surface area contributed by atoms with Crippen LogP contribution in [0, 0.1) is 0 Å². The van der Waals surface area contributed by atoms with E-state index in [1.54, 1.807) is 0 Å². The minimum Gasteiger partial charge on any atom is -0.361 e. The highest BCUT2D eigenvalue weighted by molar-refractivity contribution is 6.31. The predicted molar refractivity (Wildman–Crippen MR) is 68.8 cm³/mol. The van der Waals surface area contributed by atoms with Gasteiger partial charge in [0.15, 0.2) is 0 Å². The third kappa shape index (κ3) is 1.64. The maximum absolute atomic E-state index is 6.04. The minimum absolute atomic E-state index is 0.790. The molecular weight excluding hydrogens is 220 g/mol. The third-order valence-electron chi connectivity index (χ3n) is 3.02. The molecule has 0 fully saturated rings. The van der Waals surface area contributed by atoms with Crippen molar-refractivity contribution < 1.29 is 0 Å². The Bertz CT molecular complexity index is 554. The molecule has 0 aliphatic carbocycles. The quantitative estimate of drug-likeness (QED) is 0.777. The van der Waals surface area contributed by atoms with E-state index in [1.807, 2.05) is 18.2 Å². The molecule has 1 aliphatic rings. The van der Waals surface area contributed by atoms with Gasteiger partial charge in [0, 0.05) is 34.2 Å². The second-order valence-corrected chi connectivity index (χ2v) is 4.52. The van der Waals surface area contributed by atoms with E-state index in [4.69, 9.17) is 11.6 Å². The average Bonchev–Trinajstić information content (AvgIpc) is 2.73. The van der Waals surface area contributed by atoms with Gasteiger partial charge in [-0.25, -0.2) is 0 Å². The van der Waals surface area contributed by atoms with Crippen molar-refractivity contribution in [1.29, 1.82) is 0 Å². The molecule has 2 aromatic rings. The van der Waals surface area contributed by atoms with Gasteiger partial charge in [-0.15, -0.1) is 0 Å². The molecule has 1 aromatic carbocycles. The minimum atomic E-state index is 0.790. The van der Waals surface area contributed by atoms with Crippen molar-refractivity contribution in [3.63, 3.8) is 0 Å². The molecule has 0 spiro atoms. The Kier molecular flexibility index (Phi) is 2.46. The molecule has 0 bridgehead atoms. The summed E-state index contributed by atoms with van der Waals surface area (Å²) in [5.41, 5.74) is 3.77. The number of hydrogen-bond donors (Lipinski definition) is 2. The first-order valence-corrected chi connectivity index (χ1v) is 5.89. The summed E-state index contributed by atoms with van der Waals surface area (Å²) >= 11 is 6.04. The first-order chi connectivity index (χ1) is 7.84. The Hall–Kier alpha value is -1.25. The van der Waals surface area contributed by atoms with Crippen LogP contribution in [0.4, 0.5) is 0 Å². The van der Waals surface area contributed by atoms with Crippen LogP contribution in [-0.2, 0) is 0 Å². The summed E-state index contributed by atoms with van der Waals surface area (Å²) in [5, 5.41) is 5.39. The second kappa shape index (κ2) is 3.96. The van der Waals surface area contributed by atoms with Crippen LogP contribution in [0.25, 0.3) is 16.5 Å². The first-order valence-electron chi connectivity index (χ1n) is 5.51. The molecule has 16 heavy (non-hydrogen) atoms. The van der Waals surface area contributed by atoms with Crippen molar-refractivity contribution in [3.8, 4) is 0 Å². The SMILES string of the molecule is Clc1ccc2[nH]cc(C3=CCCNC3)c2c1. The summed E-state index contributed by atoms with van der Waals surface area (Å²) in [5.74, 6) is 0. The average molecular weight is 233 g/mol. The highest BCUT2D eigenvalue weighted by Gasteiger charge is 2.10. The Morgan fingerprint density at radius 3 is 3.00 bits per heavy atom. The fourth-order valence-corrected chi connectivity index (χ4v) is 2.38. The van der Waals surface area contributed by atoms with Crippen LogP contribution in [0.2, 0.25) is 5.02 Å². The number of benzene rings is 1. The lowest BCUT2D eigenvalue weighted by Gasteiger charge is -2.13. The topological polar surface area (TPSA) is 27.8 Å². The van der Waals surface area contributed by atoms with E-state index in [9.17, 15) is 0 Å². The van der Waals surface area contributed by atoms with E-state index in [0.29, 0.717) is 0 Å². The number of rotatable bonds is 1. The number of H-pyrrole nitrogens is 1. The van der Waals surface area contributed by atoms with E-state index in [1.165, 1.54) is 16.5 Å². The molecule has 2 N–H and O–H groups in total. The van der Waals surface area contributed by atoms with Gasteiger partial charge in [-0.2, -0.15) is 0 Å². The molecule has 2 heterocycles. The normalized spacial score (nSPS) is 16.4. The number of aromatic amines is 1. The van der Waals surface area contributed by atoms with Crippen LogP contribution < -0.4 is 5.32 Å². The van der Waals surface area contributed by atoms with Crippen LogP contribution in [0.5, 0.6) is 0 Å². The van der Waals surface area contributed by atoms with Gasteiger partial charge in [0.1, 0.15) is 0 Å². The van der Waals surface area contributed by atoms with Crippen LogP contribution in [0.15, 0.2) is 30.5 Å². The summed E-state index contributed by atoms with van der Waals surface area (Å²) in [7, 11) is 0. The van der Waals surface area contributed by atoms with Crippen LogP contribution in [0.1, 0.15) is 12.0 Å². The third-order valence-corrected chi connectivity index (χ3v) is 3.25. The summed E-state index contributed by atoms with van der Waals surface area (Å²) in [6, 6.07) is 5.97. The number of aromatic nitrogens is 1. The molecule has 0 unspecified atom stereocenters. The van der Waals surface area contributed by atoms with Gasteiger partial charge in [-0.05, 0) is 36.7 Å². The Morgan fingerprint density at radius 1 is 1.25 bits per heavy atom. The van der Waals surface area contributed by atoms with Gasteiger partial charge < -0.3 is 10.3 Å². The van der Waals surface area contributed by atoms with Crippen molar-refractivity contribution in [1.82, 2.24) is 10.3 Å². The lowest BCUT2D eigenvalue weighted by atomic mass is 10.0. The molecule has 3 heteroatoms. The van der Waals surface area contributed by atoms with E-state index in [0.717, 1.165) is 30.0 Å². The van der Waals surface area contributed by atoms with E-state index < -0.39 is 0 Å². The molecule has 0 atom stereocenters. The van der Waals surface area contributed by atoms with Gasteiger partial charge in [0.2, 0.25) is 0 Å². The summed E-state index contributed by atoms with van der Waals surface area (Å²) in [6.07, 6.45) is 5.47. The van der Waals surface area contributed by atoms with E-state index in [-0.39, 0.29) is 0 Å². The maximum atomic E-state index is 6.04. The van der Waals surface area contributed by atoms with Crippen molar-refractivity contribution in [3.05, 3.63) is 41.1 Å². The van der Waals surface area contributed by atoms with E-state index >= 15 is 0 Å². The van der Waals surface area contributed by atoms with Crippen LogP contribution in [0.3, 0.4) is 0 Å².